The normalized spacial score (nSPS) is 12.8. The molecule has 1 aromatic heterocycles. The molecule has 3 rings (SSSR count). The lowest BCUT2D eigenvalue weighted by Crippen LogP contribution is -2.14. The Morgan fingerprint density at radius 2 is 2.05 bits per heavy atom. The Balaban J connectivity index is 1.88. The molecule has 1 heterocycles. The van der Waals surface area contributed by atoms with Crippen LogP contribution in [0, 0.1) is 12.7 Å². The summed E-state index contributed by atoms with van der Waals surface area (Å²) in [4.78, 5) is 4.58. The molecule has 3 aromatic rings. The fourth-order valence-corrected chi connectivity index (χ4v) is 3.34. The van der Waals surface area contributed by atoms with Gasteiger partial charge in [0, 0.05) is 12.5 Å². The van der Waals surface area contributed by atoms with E-state index in [1.807, 2.05) is 25.1 Å². The number of hydrogen-bond donors (Lipinski definition) is 1. The van der Waals surface area contributed by atoms with Crippen molar-refractivity contribution in [1.29, 1.82) is 0 Å². The topological polar surface area (TPSA) is 38.9 Å². The number of benzene rings is 2. The fraction of sp³-hybridized carbons (Fsp3) is 0.188. The summed E-state index contributed by atoms with van der Waals surface area (Å²) in [6, 6.07) is 12.5. The van der Waals surface area contributed by atoms with Gasteiger partial charge in [-0.15, -0.1) is 11.3 Å². The maximum absolute atomic E-state index is 13.3. The van der Waals surface area contributed by atoms with Gasteiger partial charge in [-0.25, -0.2) is 9.37 Å². The zero-order valence-electron chi connectivity index (χ0n) is 11.1. The predicted molar refractivity (Wildman–Crippen MR) is 81.4 cm³/mol. The van der Waals surface area contributed by atoms with Gasteiger partial charge in [-0.3, -0.25) is 0 Å². The number of halogens is 1. The molecule has 4 heteroatoms. The van der Waals surface area contributed by atoms with Crippen LogP contribution >= 0.6 is 11.3 Å². The van der Waals surface area contributed by atoms with Gasteiger partial charge in [-0.1, -0.05) is 18.2 Å². The molecule has 2 N–H and O–H groups in total. The van der Waals surface area contributed by atoms with Crippen LogP contribution in [0.15, 0.2) is 42.5 Å². The molecule has 1 atom stereocenters. The Morgan fingerprint density at radius 3 is 2.85 bits per heavy atom. The lowest BCUT2D eigenvalue weighted by Gasteiger charge is -2.13. The van der Waals surface area contributed by atoms with Crippen molar-refractivity contribution in [3.8, 4) is 0 Å². The molecule has 0 radical (unpaired) electrons. The van der Waals surface area contributed by atoms with Crippen molar-refractivity contribution >= 4 is 21.6 Å². The van der Waals surface area contributed by atoms with Crippen LogP contribution in [-0.2, 0) is 6.42 Å². The van der Waals surface area contributed by atoms with Crippen LogP contribution in [0.5, 0.6) is 0 Å². The molecule has 2 aromatic carbocycles. The van der Waals surface area contributed by atoms with Crippen molar-refractivity contribution in [3.63, 3.8) is 0 Å². The summed E-state index contributed by atoms with van der Waals surface area (Å²) in [5, 5.41) is 0.988. The van der Waals surface area contributed by atoms with Crippen molar-refractivity contribution in [2.24, 2.45) is 5.73 Å². The second-order valence-electron chi connectivity index (χ2n) is 4.89. The van der Waals surface area contributed by atoms with Gasteiger partial charge in [0.1, 0.15) is 5.82 Å². The first-order valence-corrected chi connectivity index (χ1v) is 7.31. The number of thiazole rings is 1. The quantitative estimate of drug-likeness (QED) is 0.790. The van der Waals surface area contributed by atoms with Gasteiger partial charge in [0.15, 0.2) is 0 Å². The number of para-hydroxylation sites is 1. The van der Waals surface area contributed by atoms with Crippen LogP contribution in [0.25, 0.3) is 10.2 Å². The summed E-state index contributed by atoms with van der Waals surface area (Å²) in [6.45, 7) is 1.95. The number of aryl methyl sites for hydroxylation is 1. The third kappa shape index (κ3) is 2.57. The van der Waals surface area contributed by atoms with Gasteiger partial charge in [-0.05, 0) is 42.3 Å². The monoisotopic (exact) mass is 286 g/mol. The molecule has 0 saturated carbocycles. The van der Waals surface area contributed by atoms with E-state index in [2.05, 4.69) is 11.1 Å². The van der Waals surface area contributed by atoms with E-state index in [0.29, 0.717) is 6.42 Å². The maximum Gasteiger partial charge on any atom is 0.123 e. The fourth-order valence-electron chi connectivity index (χ4n) is 2.32. The molecule has 102 valence electrons. The van der Waals surface area contributed by atoms with Crippen molar-refractivity contribution in [1.82, 2.24) is 4.98 Å². The Labute approximate surface area is 121 Å². The molecule has 0 aliphatic heterocycles. The van der Waals surface area contributed by atoms with Gasteiger partial charge in [0.05, 0.1) is 15.2 Å². The van der Waals surface area contributed by atoms with E-state index in [1.165, 1.54) is 12.1 Å². The van der Waals surface area contributed by atoms with E-state index in [4.69, 9.17) is 5.73 Å². The van der Waals surface area contributed by atoms with Gasteiger partial charge >= 0.3 is 0 Å². The minimum atomic E-state index is -0.245. The first-order chi connectivity index (χ1) is 9.63. The molecule has 0 aliphatic rings. The minimum absolute atomic E-state index is 0.230. The van der Waals surface area contributed by atoms with Gasteiger partial charge in [-0.2, -0.15) is 0 Å². The lowest BCUT2D eigenvalue weighted by molar-refractivity contribution is 0.617. The van der Waals surface area contributed by atoms with Crippen molar-refractivity contribution in [2.45, 2.75) is 19.4 Å². The first-order valence-electron chi connectivity index (χ1n) is 6.49. The second-order valence-corrected chi connectivity index (χ2v) is 6.00. The molecule has 20 heavy (non-hydrogen) atoms. The predicted octanol–water partition coefficient (Wildman–Crippen LogP) is 3.99. The number of rotatable bonds is 3. The highest BCUT2D eigenvalue weighted by molar-refractivity contribution is 7.18. The molecule has 0 amide bonds. The van der Waals surface area contributed by atoms with Gasteiger partial charge in [0.25, 0.3) is 0 Å². The van der Waals surface area contributed by atoms with E-state index >= 15 is 0 Å². The molecular weight excluding hydrogens is 271 g/mol. The summed E-state index contributed by atoms with van der Waals surface area (Å²) < 4.78 is 14.5. The summed E-state index contributed by atoms with van der Waals surface area (Å²) in [5.74, 6) is -0.245. The van der Waals surface area contributed by atoms with Crippen LogP contribution in [0.1, 0.15) is 22.2 Å². The van der Waals surface area contributed by atoms with Crippen LogP contribution < -0.4 is 5.73 Å². The van der Waals surface area contributed by atoms with E-state index in [9.17, 15) is 4.39 Å². The van der Waals surface area contributed by atoms with Gasteiger partial charge in [0.2, 0.25) is 0 Å². The largest absolute Gasteiger partial charge is 0.324 e. The number of nitrogens with zero attached hydrogens (tertiary/aromatic N) is 1. The highest BCUT2D eigenvalue weighted by atomic mass is 32.1. The third-order valence-electron chi connectivity index (χ3n) is 3.37. The Bertz CT molecular complexity index is 718. The van der Waals surface area contributed by atoms with Crippen molar-refractivity contribution in [3.05, 3.63) is 64.4 Å². The minimum Gasteiger partial charge on any atom is -0.324 e. The molecule has 2 nitrogen and oxygen atoms in total. The van der Waals surface area contributed by atoms with E-state index < -0.39 is 0 Å². The second kappa shape index (κ2) is 5.31. The average Bonchev–Trinajstić information content (AvgIpc) is 2.83. The number of aromatic nitrogens is 1. The van der Waals surface area contributed by atoms with Crippen molar-refractivity contribution < 1.29 is 4.39 Å². The van der Waals surface area contributed by atoms with Crippen LogP contribution in [0.4, 0.5) is 4.39 Å². The molecule has 0 saturated heterocycles. The van der Waals surface area contributed by atoms with E-state index in [1.54, 1.807) is 17.4 Å². The molecular formula is C16H15FN2S. The Hall–Kier alpha value is -1.78. The Morgan fingerprint density at radius 1 is 1.25 bits per heavy atom. The molecule has 0 spiro atoms. The van der Waals surface area contributed by atoms with E-state index in [0.717, 1.165) is 26.4 Å². The highest BCUT2D eigenvalue weighted by Crippen LogP contribution is 2.26. The highest BCUT2D eigenvalue weighted by Gasteiger charge is 2.13. The zero-order chi connectivity index (χ0) is 14.1. The molecule has 0 aliphatic carbocycles. The van der Waals surface area contributed by atoms with Crippen LogP contribution in [0.2, 0.25) is 0 Å². The lowest BCUT2D eigenvalue weighted by atomic mass is 9.99. The summed E-state index contributed by atoms with van der Waals surface area (Å²) in [7, 11) is 0. The summed E-state index contributed by atoms with van der Waals surface area (Å²) in [6.07, 6.45) is 0.629. The van der Waals surface area contributed by atoms with E-state index in [-0.39, 0.29) is 11.9 Å². The maximum atomic E-state index is 13.3. The molecule has 0 bridgehead atoms. The smallest absolute Gasteiger partial charge is 0.123 e. The molecule has 1 unspecified atom stereocenters. The average molecular weight is 286 g/mol. The Kier molecular flexibility index (Phi) is 3.51. The third-order valence-corrected chi connectivity index (χ3v) is 4.43. The molecule has 0 fully saturated rings. The van der Waals surface area contributed by atoms with Crippen LogP contribution in [-0.4, -0.2) is 4.98 Å². The van der Waals surface area contributed by atoms with Crippen LogP contribution in [0.3, 0.4) is 0 Å². The standard InChI is InChI=1S/C16H15FN2S/c1-10-6-7-11(17)8-12(10)13(18)9-16-19-14-4-2-3-5-15(14)20-16/h2-8,13H,9,18H2,1H3. The number of fused-ring (bicyclic) bond motifs is 1. The summed E-state index contributed by atoms with van der Waals surface area (Å²) >= 11 is 1.65. The first kappa shape index (κ1) is 13.2. The zero-order valence-corrected chi connectivity index (χ0v) is 12.0. The van der Waals surface area contributed by atoms with Crippen molar-refractivity contribution in [2.75, 3.05) is 0 Å². The number of nitrogens with two attached hydrogens (primary N) is 1. The summed E-state index contributed by atoms with van der Waals surface area (Å²) in [5.41, 5.74) is 9.08. The SMILES string of the molecule is Cc1ccc(F)cc1C(N)Cc1nc2ccccc2s1. The number of hydrogen-bond acceptors (Lipinski definition) is 3. The van der Waals surface area contributed by atoms with Gasteiger partial charge < -0.3 is 5.73 Å².